The van der Waals surface area contributed by atoms with Gasteiger partial charge in [-0.1, -0.05) is 6.58 Å². The minimum Gasteiger partial charge on any atom is -1.00 e. The molecule has 0 aromatic rings. The molecule has 0 atom stereocenters. The first kappa shape index (κ1) is 16.8. The highest BCUT2D eigenvalue weighted by Gasteiger charge is 2.10. The summed E-state index contributed by atoms with van der Waals surface area (Å²) in [4.78, 5) is 19.6. The maximum atomic E-state index is 10.6. The molecule has 0 amide bonds. The molecule has 0 aliphatic rings. The highest BCUT2D eigenvalue weighted by molar-refractivity contribution is 5.80. The molecule has 0 fully saturated rings. The molecule has 0 aliphatic heterocycles. The van der Waals surface area contributed by atoms with E-state index in [0.29, 0.717) is 6.61 Å². The standard InChI is InChI=1S/C10H20NO3.ClH/c1-5-10(12)14-13-9-7-8-11(3,4)6-2;/h5H,1,6-9H2,2-4H3;1H/q+1;/p-1. The lowest BCUT2D eigenvalue weighted by atomic mass is 10.3. The molecule has 15 heavy (non-hydrogen) atoms. The van der Waals surface area contributed by atoms with Crippen LogP contribution in [-0.4, -0.2) is 44.2 Å². The second kappa shape index (κ2) is 8.71. The summed E-state index contributed by atoms with van der Waals surface area (Å²) in [5, 5.41) is 0. The Bertz CT molecular complexity index is 195. The molecule has 0 aromatic carbocycles. The lowest BCUT2D eigenvalue weighted by Gasteiger charge is -2.27. The minimum absolute atomic E-state index is 0. The van der Waals surface area contributed by atoms with Crippen molar-refractivity contribution in [2.24, 2.45) is 0 Å². The Hall–Kier alpha value is -0.580. The molecular weight excluding hydrogens is 218 g/mol. The average molecular weight is 238 g/mol. The minimum atomic E-state index is -0.547. The zero-order valence-corrected chi connectivity index (χ0v) is 10.4. The van der Waals surface area contributed by atoms with Crippen LogP contribution >= 0.6 is 0 Å². The van der Waals surface area contributed by atoms with Gasteiger partial charge in [-0.3, -0.25) is 4.89 Å². The van der Waals surface area contributed by atoms with Crippen molar-refractivity contribution in [1.82, 2.24) is 0 Å². The van der Waals surface area contributed by atoms with Crippen molar-refractivity contribution in [3.63, 3.8) is 0 Å². The molecule has 0 spiro atoms. The number of hydrogen-bond acceptors (Lipinski definition) is 3. The second-order valence-corrected chi connectivity index (χ2v) is 3.76. The van der Waals surface area contributed by atoms with Crippen LogP contribution in [0.25, 0.3) is 0 Å². The number of carbonyl (C=O) groups excluding carboxylic acids is 1. The average Bonchev–Trinajstić information content (AvgIpc) is 2.17. The van der Waals surface area contributed by atoms with E-state index in [9.17, 15) is 4.79 Å². The highest BCUT2D eigenvalue weighted by atomic mass is 35.5. The van der Waals surface area contributed by atoms with Crippen LogP contribution < -0.4 is 12.4 Å². The zero-order chi connectivity index (χ0) is 11.0. The van der Waals surface area contributed by atoms with Crippen LogP contribution in [0.4, 0.5) is 0 Å². The molecule has 0 saturated heterocycles. The highest BCUT2D eigenvalue weighted by Crippen LogP contribution is 1.98. The van der Waals surface area contributed by atoms with Crippen molar-refractivity contribution in [3.8, 4) is 0 Å². The Labute approximate surface area is 97.8 Å². The predicted octanol–water partition coefficient (Wildman–Crippen LogP) is -1.86. The summed E-state index contributed by atoms with van der Waals surface area (Å²) in [7, 11) is 4.30. The van der Waals surface area contributed by atoms with Crippen molar-refractivity contribution < 1.29 is 31.5 Å². The van der Waals surface area contributed by atoms with Crippen molar-refractivity contribution in [3.05, 3.63) is 12.7 Å². The van der Waals surface area contributed by atoms with Gasteiger partial charge in [0.05, 0.1) is 33.8 Å². The number of carbonyl (C=O) groups is 1. The molecule has 0 radical (unpaired) electrons. The van der Waals surface area contributed by atoms with E-state index in [1.54, 1.807) is 0 Å². The van der Waals surface area contributed by atoms with Gasteiger partial charge in [0, 0.05) is 12.5 Å². The van der Waals surface area contributed by atoms with E-state index in [4.69, 9.17) is 4.89 Å². The lowest BCUT2D eigenvalue weighted by Crippen LogP contribution is -3.00. The van der Waals surface area contributed by atoms with E-state index in [-0.39, 0.29) is 12.4 Å². The van der Waals surface area contributed by atoms with Gasteiger partial charge in [-0.05, 0) is 6.92 Å². The maximum Gasteiger partial charge on any atom is 0.365 e. The van der Waals surface area contributed by atoms with Crippen molar-refractivity contribution >= 4 is 5.97 Å². The van der Waals surface area contributed by atoms with E-state index in [0.717, 1.165) is 30.1 Å². The Balaban J connectivity index is 0. The van der Waals surface area contributed by atoms with Crippen LogP contribution in [-0.2, 0) is 14.6 Å². The topological polar surface area (TPSA) is 35.5 Å². The molecule has 5 heteroatoms. The molecule has 0 unspecified atom stereocenters. The molecule has 4 nitrogen and oxygen atoms in total. The largest absolute Gasteiger partial charge is 1.00 e. The Morgan fingerprint density at radius 2 is 2.07 bits per heavy atom. The van der Waals surface area contributed by atoms with Crippen LogP contribution in [0.3, 0.4) is 0 Å². The van der Waals surface area contributed by atoms with E-state index >= 15 is 0 Å². The van der Waals surface area contributed by atoms with Gasteiger partial charge in [0.1, 0.15) is 0 Å². The van der Waals surface area contributed by atoms with E-state index in [1.807, 2.05) is 0 Å². The third-order valence-corrected chi connectivity index (χ3v) is 2.15. The van der Waals surface area contributed by atoms with Crippen molar-refractivity contribution in [2.75, 3.05) is 33.8 Å². The quantitative estimate of drug-likeness (QED) is 0.171. The summed E-state index contributed by atoms with van der Waals surface area (Å²) in [6.45, 7) is 7.90. The summed E-state index contributed by atoms with van der Waals surface area (Å²) in [6, 6.07) is 0. The zero-order valence-electron chi connectivity index (χ0n) is 9.66. The summed E-state index contributed by atoms with van der Waals surface area (Å²) >= 11 is 0. The molecule has 0 aliphatic carbocycles. The van der Waals surface area contributed by atoms with Crippen LogP contribution in [0.15, 0.2) is 12.7 Å². The van der Waals surface area contributed by atoms with Gasteiger partial charge in [0.15, 0.2) is 0 Å². The number of halogens is 1. The third kappa shape index (κ3) is 9.72. The number of hydrogen-bond donors (Lipinski definition) is 0. The van der Waals surface area contributed by atoms with Gasteiger partial charge in [-0.25, -0.2) is 4.79 Å². The molecule has 0 saturated carbocycles. The van der Waals surface area contributed by atoms with Gasteiger partial charge >= 0.3 is 5.97 Å². The third-order valence-electron chi connectivity index (χ3n) is 2.15. The molecule has 0 bridgehead atoms. The smallest absolute Gasteiger partial charge is 0.365 e. The number of quaternary nitrogens is 1. The molecule has 90 valence electrons. The van der Waals surface area contributed by atoms with E-state index < -0.39 is 5.97 Å². The first-order valence-corrected chi connectivity index (χ1v) is 4.79. The van der Waals surface area contributed by atoms with Crippen molar-refractivity contribution in [1.29, 1.82) is 0 Å². The number of nitrogens with zero attached hydrogens (tertiary/aromatic N) is 1. The van der Waals surface area contributed by atoms with E-state index in [2.05, 4.69) is 32.5 Å². The fourth-order valence-electron chi connectivity index (χ4n) is 0.843. The first-order chi connectivity index (χ1) is 6.52. The van der Waals surface area contributed by atoms with Crippen LogP contribution in [0, 0.1) is 0 Å². The summed E-state index contributed by atoms with van der Waals surface area (Å²) in [5.41, 5.74) is 0. The molecule has 0 heterocycles. The van der Waals surface area contributed by atoms with Gasteiger partial charge in [0.2, 0.25) is 0 Å². The maximum absolute atomic E-state index is 10.6. The number of rotatable bonds is 7. The molecule has 0 N–H and O–H groups in total. The van der Waals surface area contributed by atoms with E-state index in [1.165, 1.54) is 0 Å². The summed E-state index contributed by atoms with van der Waals surface area (Å²) in [6.07, 6.45) is 1.94. The fourth-order valence-corrected chi connectivity index (χ4v) is 0.843. The van der Waals surface area contributed by atoms with Gasteiger partial charge in [0.25, 0.3) is 0 Å². The lowest BCUT2D eigenvalue weighted by molar-refractivity contribution is -0.888. The predicted molar refractivity (Wildman–Crippen MR) is 54.4 cm³/mol. The fraction of sp³-hybridized carbons (Fsp3) is 0.700. The van der Waals surface area contributed by atoms with Crippen molar-refractivity contribution in [2.45, 2.75) is 13.3 Å². The summed E-state index contributed by atoms with van der Waals surface area (Å²) in [5.74, 6) is -0.547. The Morgan fingerprint density at radius 1 is 1.47 bits per heavy atom. The van der Waals surface area contributed by atoms with Crippen LogP contribution in [0.5, 0.6) is 0 Å². The van der Waals surface area contributed by atoms with Crippen LogP contribution in [0.2, 0.25) is 0 Å². The van der Waals surface area contributed by atoms with Gasteiger partial charge < -0.3 is 16.9 Å². The SMILES string of the molecule is C=CC(=O)OOCCC[N+](C)(C)CC.[Cl-]. The Morgan fingerprint density at radius 3 is 2.53 bits per heavy atom. The molecule has 0 aromatic heterocycles. The second-order valence-electron chi connectivity index (χ2n) is 3.76. The van der Waals surface area contributed by atoms with Gasteiger partial charge in [-0.15, -0.1) is 0 Å². The van der Waals surface area contributed by atoms with Gasteiger partial charge in [-0.2, -0.15) is 4.89 Å². The molecule has 0 rings (SSSR count). The van der Waals surface area contributed by atoms with Crippen LogP contribution in [0.1, 0.15) is 13.3 Å². The summed E-state index contributed by atoms with van der Waals surface area (Å²) < 4.78 is 0.943. The monoisotopic (exact) mass is 237 g/mol. The first-order valence-electron chi connectivity index (χ1n) is 4.79. The molecular formula is C10H20ClNO3. The normalized spacial score (nSPS) is 10.3. The Kier molecular flexibility index (Phi) is 9.77.